The van der Waals surface area contributed by atoms with Gasteiger partial charge in [-0.3, -0.25) is 15.0 Å². The number of aliphatic hydroxyl groups is 1. The number of aliphatic carboxylic acids is 1. The minimum Gasteiger partial charge on any atom is -0.479 e. The lowest BCUT2D eigenvalue weighted by molar-refractivity contribution is -0.274. The third-order valence-electron chi connectivity index (χ3n) is 7.19. The van der Waals surface area contributed by atoms with Gasteiger partial charge in [-0.05, 0) is 78.8 Å². The fraction of sp³-hybridized carbons (Fsp3) is 0.250. The summed E-state index contributed by atoms with van der Waals surface area (Å²) in [5.74, 6) is -2.43. The predicted octanol–water partition coefficient (Wildman–Crippen LogP) is 6.57. The lowest BCUT2D eigenvalue weighted by Crippen LogP contribution is -2.36. The topological polar surface area (TPSA) is 141 Å². The SMILES string of the molecule is O=C(NC[C@@H](O)C(=O)O)c1ccc(CN(C(=O)Nc2nc3ccc(OC(F)(F)F)cc3s2)c2ccc(C3=CCCCC3)cc2)cc1. The first-order valence-electron chi connectivity index (χ1n) is 14.3. The van der Waals surface area contributed by atoms with Gasteiger partial charge in [0.05, 0.1) is 23.3 Å². The van der Waals surface area contributed by atoms with Crippen molar-refractivity contribution in [2.24, 2.45) is 0 Å². The van der Waals surface area contributed by atoms with Crippen molar-refractivity contribution in [3.8, 4) is 5.75 Å². The van der Waals surface area contributed by atoms with E-state index in [1.54, 1.807) is 12.1 Å². The van der Waals surface area contributed by atoms with Gasteiger partial charge in [-0.1, -0.05) is 41.7 Å². The second kappa shape index (κ2) is 14.0. The molecular formula is C32H29F3N4O6S. The molecule has 46 heavy (non-hydrogen) atoms. The van der Waals surface area contributed by atoms with E-state index in [-0.39, 0.29) is 17.2 Å². The Labute approximate surface area is 265 Å². The number of benzene rings is 3. The maximum atomic E-state index is 13.7. The van der Waals surface area contributed by atoms with E-state index in [1.807, 2.05) is 24.3 Å². The molecule has 0 saturated heterocycles. The number of carbonyl (C=O) groups is 3. The molecule has 1 aliphatic rings. The molecule has 1 atom stereocenters. The number of alkyl halides is 3. The summed E-state index contributed by atoms with van der Waals surface area (Å²) in [6.07, 6.45) is -0.0876. The number of aliphatic hydroxyl groups excluding tert-OH is 1. The number of aromatic nitrogens is 1. The van der Waals surface area contributed by atoms with Gasteiger partial charge in [0.25, 0.3) is 5.91 Å². The number of anilines is 2. The Hall–Kier alpha value is -4.95. The number of ether oxygens (including phenoxy) is 1. The molecule has 0 aliphatic heterocycles. The molecule has 3 aromatic carbocycles. The van der Waals surface area contributed by atoms with Crippen LogP contribution in [-0.2, 0) is 11.3 Å². The number of carboxylic acids is 1. The van der Waals surface area contributed by atoms with Gasteiger partial charge in [0, 0.05) is 17.3 Å². The van der Waals surface area contributed by atoms with Crippen LogP contribution in [0.2, 0.25) is 0 Å². The lowest BCUT2D eigenvalue weighted by atomic mass is 9.93. The van der Waals surface area contributed by atoms with Crippen molar-refractivity contribution in [1.82, 2.24) is 10.3 Å². The molecule has 1 heterocycles. The van der Waals surface area contributed by atoms with Crippen LogP contribution >= 0.6 is 11.3 Å². The van der Waals surface area contributed by atoms with E-state index >= 15 is 0 Å². The number of allylic oxidation sites excluding steroid dienone is 2. The molecule has 5 rings (SSSR count). The first kappa shape index (κ1) is 32.4. The summed E-state index contributed by atoms with van der Waals surface area (Å²) in [4.78, 5) is 42.7. The van der Waals surface area contributed by atoms with Gasteiger partial charge >= 0.3 is 18.4 Å². The van der Waals surface area contributed by atoms with Crippen LogP contribution < -0.4 is 20.3 Å². The van der Waals surface area contributed by atoms with E-state index in [0.29, 0.717) is 21.5 Å². The van der Waals surface area contributed by atoms with Gasteiger partial charge in [-0.15, -0.1) is 13.2 Å². The molecule has 0 fully saturated rings. The van der Waals surface area contributed by atoms with Crippen molar-refractivity contribution in [2.45, 2.75) is 44.7 Å². The second-order valence-corrected chi connectivity index (χ2v) is 11.5. The highest BCUT2D eigenvalue weighted by atomic mass is 32.1. The third-order valence-corrected chi connectivity index (χ3v) is 8.12. The fourth-order valence-corrected chi connectivity index (χ4v) is 5.76. The maximum Gasteiger partial charge on any atom is 0.573 e. The number of nitrogens with zero attached hydrogens (tertiary/aromatic N) is 2. The van der Waals surface area contributed by atoms with Crippen LogP contribution in [0.25, 0.3) is 15.8 Å². The third kappa shape index (κ3) is 8.40. The number of thiazole rings is 1. The number of urea groups is 1. The largest absolute Gasteiger partial charge is 0.573 e. The molecule has 14 heteroatoms. The Morgan fingerprint density at radius 3 is 2.41 bits per heavy atom. The fourth-order valence-electron chi connectivity index (χ4n) is 4.87. The van der Waals surface area contributed by atoms with E-state index in [4.69, 9.17) is 5.11 Å². The Morgan fingerprint density at radius 2 is 1.76 bits per heavy atom. The molecule has 1 aromatic heterocycles. The van der Waals surface area contributed by atoms with Gasteiger partial charge in [0.1, 0.15) is 5.75 Å². The first-order chi connectivity index (χ1) is 21.9. The Bertz CT molecular complexity index is 1760. The molecule has 0 bridgehead atoms. The van der Waals surface area contributed by atoms with Crippen LogP contribution in [0.4, 0.5) is 28.8 Å². The van der Waals surface area contributed by atoms with Crippen molar-refractivity contribution in [1.29, 1.82) is 0 Å². The number of halogens is 3. The minimum absolute atomic E-state index is 0.0853. The van der Waals surface area contributed by atoms with Gasteiger partial charge in [0.15, 0.2) is 11.2 Å². The molecule has 3 amide bonds. The number of fused-ring (bicyclic) bond motifs is 1. The van der Waals surface area contributed by atoms with Crippen LogP contribution in [0, 0.1) is 0 Å². The van der Waals surface area contributed by atoms with E-state index in [1.165, 1.54) is 34.7 Å². The number of carbonyl (C=O) groups excluding carboxylic acids is 2. The van der Waals surface area contributed by atoms with Crippen LogP contribution in [0.15, 0.2) is 72.8 Å². The summed E-state index contributed by atoms with van der Waals surface area (Å²) in [7, 11) is 0. The predicted molar refractivity (Wildman–Crippen MR) is 167 cm³/mol. The number of amides is 3. The summed E-state index contributed by atoms with van der Waals surface area (Å²) >= 11 is 0.996. The zero-order valence-corrected chi connectivity index (χ0v) is 25.0. The number of carboxylic acid groups (broad SMARTS) is 1. The van der Waals surface area contributed by atoms with E-state index in [2.05, 4.69) is 26.4 Å². The first-order valence-corrected chi connectivity index (χ1v) is 15.1. The summed E-state index contributed by atoms with van der Waals surface area (Å²) in [6.45, 7) is -0.374. The molecule has 10 nitrogen and oxygen atoms in total. The Balaban J connectivity index is 1.36. The molecule has 4 N–H and O–H groups in total. The van der Waals surface area contributed by atoms with Crippen LogP contribution in [0.5, 0.6) is 5.75 Å². The highest BCUT2D eigenvalue weighted by molar-refractivity contribution is 7.22. The highest BCUT2D eigenvalue weighted by Gasteiger charge is 2.31. The smallest absolute Gasteiger partial charge is 0.479 e. The lowest BCUT2D eigenvalue weighted by Gasteiger charge is -2.23. The van der Waals surface area contributed by atoms with Gasteiger partial charge in [-0.2, -0.15) is 0 Å². The summed E-state index contributed by atoms with van der Waals surface area (Å²) in [6, 6.07) is 17.1. The number of rotatable bonds is 10. The summed E-state index contributed by atoms with van der Waals surface area (Å²) < 4.78 is 42.4. The average Bonchev–Trinajstić information content (AvgIpc) is 3.43. The molecule has 0 spiro atoms. The molecule has 0 saturated carbocycles. The number of hydrogen-bond acceptors (Lipinski definition) is 7. The van der Waals surface area contributed by atoms with Crippen molar-refractivity contribution in [2.75, 3.05) is 16.8 Å². The normalized spacial score (nSPS) is 13.9. The molecular weight excluding hydrogens is 625 g/mol. The monoisotopic (exact) mass is 654 g/mol. The zero-order valence-electron chi connectivity index (χ0n) is 24.2. The van der Waals surface area contributed by atoms with Gasteiger partial charge in [-0.25, -0.2) is 14.6 Å². The quantitative estimate of drug-likeness (QED) is 0.152. The van der Waals surface area contributed by atoms with Crippen molar-refractivity contribution in [3.63, 3.8) is 0 Å². The second-order valence-electron chi connectivity index (χ2n) is 10.5. The number of hydrogen-bond donors (Lipinski definition) is 4. The molecule has 4 aromatic rings. The van der Waals surface area contributed by atoms with Gasteiger partial charge in [0.2, 0.25) is 0 Å². The average molecular weight is 655 g/mol. The molecule has 0 unspecified atom stereocenters. The zero-order chi connectivity index (χ0) is 32.8. The number of nitrogens with one attached hydrogen (secondary N) is 2. The van der Waals surface area contributed by atoms with Gasteiger partial charge < -0.3 is 20.3 Å². The highest BCUT2D eigenvalue weighted by Crippen LogP contribution is 2.33. The van der Waals surface area contributed by atoms with Crippen LogP contribution in [-0.4, -0.2) is 52.1 Å². The molecule has 240 valence electrons. The summed E-state index contributed by atoms with van der Waals surface area (Å²) in [5, 5.41) is 23.5. The Morgan fingerprint density at radius 1 is 1.02 bits per heavy atom. The van der Waals surface area contributed by atoms with Crippen molar-refractivity contribution >= 4 is 55.9 Å². The molecule has 0 radical (unpaired) electrons. The van der Waals surface area contributed by atoms with Crippen LogP contribution in [0.1, 0.15) is 47.2 Å². The van der Waals surface area contributed by atoms with Crippen molar-refractivity contribution < 1.29 is 42.5 Å². The summed E-state index contributed by atoms with van der Waals surface area (Å²) in [5.41, 5.74) is 4.16. The van der Waals surface area contributed by atoms with Crippen molar-refractivity contribution in [3.05, 3.63) is 89.5 Å². The van der Waals surface area contributed by atoms with E-state index in [9.17, 15) is 32.7 Å². The molecule has 1 aliphatic carbocycles. The maximum absolute atomic E-state index is 13.7. The Kier molecular flexibility index (Phi) is 9.87. The minimum atomic E-state index is -4.84. The van der Waals surface area contributed by atoms with Crippen LogP contribution in [0.3, 0.4) is 0 Å². The van der Waals surface area contributed by atoms with E-state index in [0.717, 1.165) is 48.6 Å². The van der Waals surface area contributed by atoms with E-state index < -0.39 is 42.7 Å². The standard InChI is InChI=1S/C32H29F3N4O6S/c33-32(34,35)45-24-14-15-25-27(16-24)46-30(37-25)38-31(44)39(23-12-10-21(11-13-23)20-4-2-1-3-5-20)18-19-6-8-22(9-7-19)28(41)36-17-26(40)29(42)43/h4,6-16,26,40H,1-3,5,17-18H2,(H,36,41)(H,42,43)(H,37,38,44)/t26-/m1/s1.